The number of ether oxygens (including phenoxy) is 1. The van der Waals surface area contributed by atoms with Crippen molar-refractivity contribution in [3.63, 3.8) is 0 Å². The second-order valence-electron chi connectivity index (χ2n) is 2.77. The van der Waals surface area contributed by atoms with Crippen molar-refractivity contribution in [2.24, 2.45) is 11.8 Å². The normalized spacial score (nSPS) is 33.8. The molecule has 68 valence electrons. The molecule has 1 aliphatic rings. The van der Waals surface area contributed by atoms with Crippen molar-refractivity contribution in [1.82, 2.24) is 0 Å². The molecule has 0 saturated carbocycles. The van der Waals surface area contributed by atoms with Crippen LogP contribution in [0.15, 0.2) is 12.2 Å². The van der Waals surface area contributed by atoms with Gasteiger partial charge >= 0.3 is 5.97 Å². The topological polar surface area (TPSA) is 66.8 Å². The summed E-state index contributed by atoms with van der Waals surface area (Å²) in [7, 11) is 1.27. The lowest BCUT2D eigenvalue weighted by Gasteiger charge is -2.15. The van der Waals surface area contributed by atoms with E-state index in [1.165, 1.54) is 7.11 Å². The van der Waals surface area contributed by atoms with Gasteiger partial charge in [0.1, 0.15) is 5.92 Å². The molecule has 0 heterocycles. The molecule has 0 spiro atoms. The third-order valence-corrected chi connectivity index (χ3v) is 2.06. The van der Waals surface area contributed by atoms with E-state index in [0.717, 1.165) is 0 Å². The van der Waals surface area contributed by atoms with Crippen LogP contribution in [0.5, 0.6) is 0 Å². The van der Waals surface area contributed by atoms with Crippen LogP contribution in [-0.2, 0) is 9.53 Å². The Morgan fingerprint density at radius 1 is 1.58 bits per heavy atom. The highest BCUT2D eigenvalue weighted by Gasteiger charge is 2.34. The first kappa shape index (κ1) is 9.22. The Morgan fingerprint density at radius 3 is 2.67 bits per heavy atom. The fourth-order valence-electron chi connectivity index (χ4n) is 1.28. The van der Waals surface area contributed by atoms with Gasteiger partial charge in [-0.2, -0.15) is 0 Å². The number of methoxy groups -OCH3 is 1. The molecule has 0 fully saturated rings. The van der Waals surface area contributed by atoms with Crippen molar-refractivity contribution < 1.29 is 19.7 Å². The van der Waals surface area contributed by atoms with Gasteiger partial charge in [-0.15, -0.1) is 0 Å². The SMILES string of the molecule is COC(=O)C1C=CC(CO)C1O. The molecule has 1 rings (SSSR count). The van der Waals surface area contributed by atoms with Crippen LogP contribution in [0, 0.1) is 11.8 Å². The molecule has 3 unspecified atom stereocenters. The zero-order valence-electron chi connectivity index (χ0n) is 6.80. The summed E-state index contributed by atoms with van der Waals surface area (Å²) in [5.74, 6) is -1.42. The van der Waals surface area contributed by atoms with E-state index in [1.54, 1.807) is 12.2 Å². The lowest BCUT2D eigenvalue weighted by molar-refractivity contribution is -0.147. The zero-order valence-corrected chi connectivity index (χ0v) is 6.80. The standard InChI is InChI=1S/C8H12O4/c1-12-8(11)6-3-2-5(4-9)7(6)10/h2-3,5-7,9-10H,4H2,1H3. The fourth-order valence-corrected chi connectivity index (χ4v) is 1.28. The smallest absolute Gasteiger partial charge is 0.315 e. The van der Waals surface area contributed by atoms with Crippen LogP contribution in [0.2, 0.25) is 0 Å². The quantitative estimate of drug-likeness (QED) is 0.427. The Kier molecular flexibility index (Phi) is 2.83. The van der Waals surface area contributed by atoms with Gasteiger partial charge in [-0.3, -0.25) is 4.79 Å². The summed E-state index contributed by atoms with van der Waals surface area (Å²) in [5, 5.41) is 18.2. The van der Waals surface area contributed by atoms with Gasteiger partial charge < -0.3 is 14.9 Å². The van der Waals surface area contributed by atoms with E-state index >= 15 is 0 Å². The summed E-state index contributed by atoms with van der Waals surface area (Å²) in [6.07, 6.45) is 2.35. The highest BCUT2D eigenvalue weighted by atomic mass is 16.5. The minimum absolute atomic E-state index is 0.148. The highest BCUT2D eigenvalue weighted by Crippen LogP contribution is 2.24. The maximum atomic E-state index is 11.0. The molecule has 1 aliphatic carbocycles. The number of esters is 1. The molecule has 0 radical (unpaired) electrons. The predicted molar refractivity (Wildman–Crippen MR) is 41.2 cm³/mol. The number of aliphatic hydroxyl groups excluding tert-OH is 2. The van der Waals surface area contributed by atoms with E-state index in [4.69, 9.17) is 5.11 Å². The predicted octanol–water partition coefficient (Wildman–Crippen LogP) is -0.685. The van der Waals surface area contributed by atoms with Crippen molar-refractivity contribution in [2.75, 3.05) is 13.7 Å². The molecule has 0 saturated heterocycles. The maximum absolute atomic E-state index is 11.0. The monoisotopic (exact) mass is 172 g/mol. The first-order valence-electron chi connectivity index (χ1n) is 3.75. The second kappa shape index (κ2) is 3.69. The first-order valence-corrected chi connectivity index (χ1v) is 3.75. The minimum Gasteiger partial charge on any atom is -0.468 e. The molecule has 3 atom stereocenters. The number of aliphatic hydroxyl groups is 2. The van der Waals surface area contributed by atoms with Crippen LogP contribution >= 0.6 is 0 Å². The van der Waals surface area contributed by atoms with Gasteiger partial charge in [-0.1, -0.05) is 12.2 Å². The number of rotatable bonds is 2. The first-order chi connectivity index (χ1) is 5.70. The van der Waals surface area contributed by atoms with Gasteiger partial charge in [0.25, 0.3) is 0 Å². The van der Waals surface area contributed by atoms with Crippen molar-refractivity contribution in [1.29, 1.82) is 0 Å². The number of hydrogen-bond acceptors (Lipinski definition) is 4. The Morgan fingerprint density at radius 2 is 2.25 bits per heavy atom. The number of carbonyl (C=O) groups excluding carboxylic acids is 1. The molecule has 0 aromatic carbocycles. The fraction of sp³-hybridized carbons (Fsp3) is 0.625. The molecule has 12 heavy (non-hydrogen) atoms. The molecular formula is C8H12O4. The minimum atomic E-state index is -0.845. The Balaban J connectivity index is 2.61. The average molecular weight is 172 g/mol. The summed E-state index contributed by atoms with van der Waals surface area (Å²) < 4.78 is 4.47. The molecule has 0 aromatic heterocycles. The molecule has 2 N–H and O–H groups in total. The molecule has 0 amide bonds. The van der Waals surface area contributed by atoms with E-state index < -0.39 is 18.0 Å². The van der Waals surface area contributed by atoms with Crippen molar-refractivity contribution in [2.45, 2.75) is 6.10 Å². The molecular weight excluding hydrogens is 160 g/mol. The lowest BCUT2D eigenvalue weighted by atomic mass is 10.0. The van der Waals surface area contributed by atoms with E-state index in [2.05, 4.69) is 4.74 Å². The van der Waals surface area contributed by atoms with Crippen molar-refractivity contribution in [3.05, 3.63) is 12.2 Å². The van der Waals surface area contributed by atoms with Gasteiger partial charge in [0, 0.05) is 5.92 Å². The van der Waals surface area contributed by atoms with E-state index in [-0.39, 0.29) is 12.5 Å². The second-order valence-corrected chi connectivity index (χ2v) is 2.77. The molecule has 4 heteroatoms. The highest BCUT2D eigenvalue weighted by molar-refractivity contribution is 5.75. The van der Waals surface area contributed by atoms with E-state index in [9.17, 15) is 9.90 Å². The van der Waals surface area contributed by atoms with Gasteiger partial charge in [0.15, 0.2) is 0 Å². The number of carbonyl (C=O) groups is 1. The van der Waals surface area contributed by atoms with E-state index in [0.29, 0.717) is 0 Å². The molecule has 0 bridgehead atoms. The molecule has 4 nitrogen and oxygen atoms in total. The van der Waals surface area contributed by atoms with Crippen LogP contribution in [0.25, 0.3) is 0 Å². The zero-order chi connectivity index (χ0) is 9.14. The van der Waals surface area contributed by atoms with Crippen LogP contribution < -0.4 is 0 Å². The lowest BCUT2D eigenvalue weighted by Crippen LogP contribution is -2.30. The Labute approximate surface area is 70.5 Å². The summed E-state index contributed by atoms with van der Waals surface area (Å²) >= 11 is 0. The van der Waals surface area contributed by atoms with Crippen molar-refractivity contribution in [3.8, 4) is 0 Å². The van der Waals surface area contributed by atoms with Crippen LogP contribution in [0.3, 0.4) is 0 Å². The van der Waals surface area contributed by atoms with Gasteiger partial charge in [-0.05, 0) is 0 Å². The Hall–Kier alpha value is -0.870. The summed E-state index contributed by atoms with van der Waals surface area (Å²) in [4.78, 5) is 11.0. The van der Waals surface area contributed by atoms with E-state index in [1.807, 2.05) is 0 Å². The Bertz CT molecular complexity index is 199. The summed E-state index contributed by atoms with van der Waals surface area (Å²) in [6.45, 7) is -0.148. The summed E-state index contributed by atoms with van der Waals surface area (Å²) in [6, 6.07) is 0. The summed E-state index contributed by atoms with van der Waals surface area (Å²) in [5.41, 5.74) is 0. The molecule has 0 aliphatic heterocycles. The van der Waals surface area contributed by atoms with Gasteiger partial charge in [-0.25, -0.2) is 0 Å². The third kappa shape index (κ3) is 1.49. The van der Waals surface area contributed by atoms with Crippen LogP contribution in [0.4, 0.5) is 0 Å². The third-order valence-electron chi connectivity index (χ3n) is 2.06. The van der Waals surface area contributed by atoms with Crippen LogP contribution in [0.1, 0.15) is 0 Å². The maximum Gasteiger partial charge on any atom is 0.315 e. The van der Waals surface area contributed by atoms with Crippen molar-refractivity contribution >= 4 is 5.97 Å². The largest absolute Gasteiger partial charge is 0.468 e. The van der Waals surface area contributed by atoms with Crippen LogP contribution in [-0.4, -0.2) is 36.0 Å². The number of hydrogen-bond donors (Lipinski definition) is 2. The van der Waals surface area contributed by atoms with Gasteiger partial charge in [0.05, 0.1) is 19.8 Å². The molecule has 0 aromatic rings. The average Bonchev–Trinajstić information content (AvgIpc) is 2.45. The van der Waals surface area contributed by atoms with Gasteiger partial charge in [0.2, 0.25) is 0 Å².